The van der Waals surface area contributed by atoms with Crippen molar-refractivity contribution in [1.82, 2.24) is 4.98 Å². The Balaban J connectivity index is 2.99. The Labute approximate surface area is 98.0 Å². The van der Waals surface area contributed by atoms with Gasteiger partial charge in [-0.15, -0.1) is 0 Å². The van der Waals surface area contributed by atoms with Gasteiger partial charge in [0, 0.05) is 6.20 Å². The summed E-state index contributed by atoms with van der Waals surface area (Å²) in [6, 6.07) is 3.26. The third kappa shape index (κ3) is 2.91. The van der Waals surface area contributed by atoms with Gasteiger partial charge in [-0.25, -0.2) is 13.4 Å². The van der Waals surface area contributed by atoms with Gasteiger partial charge in [0.15, 0.2) is 9.84 Å². The van der Waals surface area contributed by atoms with Gasteiger partial charge >= 0.3 is 0 Å². The molecule has 0 fully saturated rings. The summed E-state index contributed by atoms with van der Waals surface area (Å²) in [6.45, 7) is 1.98. The molecule has 0 aliphatic carbocycles. The maximum Gasteiger partial charge on any atom is 0.180 e. The summed E-state index contributed by atoms with van der Waals surface area (Å²) in [7, 11) is -3.12. The minimum Gasteiger partial charge on any atom is -0.249 e. The topological polar surface area (TPSA) is 47.0 Å². The predicted octanol–water partition coefficient (Wildman–Crippen LogP) is 2.26. The Morgan fingerprint density at radius 3 is 2.79 bits per heavy atom. The second-order valence-corrected chi connectivity index (χ2v) is 6.06. The van der Waals surface area contributed by atoms with Crippen LogP contribution in [0.2, 0.25) is 0 Å². The highest BCUT2D eigenvalue weighted by atomic mass is 127. The molecule has 1 aromatic heterocycles. The predicted molar refractivity (Wildman–Crippen MR) is 63.9 cm³/mol. The summed E-state index contributed by atoms with van der Waals surface area (Å²) in [4.78, 5) is 4.32. The molecule has 0 N–H and O–H groups in total. The molecule has 0 atom stereocenters. The number of aromatic nitrogens is 1. The van der Waals surface area contributed by atoms with E-state index in [0.29, 0.717) is 15.0 Å². The first-order valence-corrected chi connectivity index (χ1v) is 7.14. The van der Waals surface area contributed by atoms with Gasteiger partial charge in [0.25, 0.3) is 0 Å². The molecule has 78 valence electrons. The molecule has 0 aliphatic heterocycles. The maximum atomic E-state index is 11.8. The first-order chi connectivity index (χ1) is 6.58. The largest absolute Gasteiger partial charge is 0.249 e. The van der Waals surface area contributed by atoms with Gasteiger partial charge < -0.3 is 0 Å². The molecular formula is C9H12INO2S. The van der Waals surface area contributed by atoms with Crippen molar-refractivity contribution >= 4 is 32.4 Å². The lowest BCUT2D eigenvalue weighted by Crippen LogP contribution is -2.09. The summed E-state index contributed by atoms with van der Waals surface area (Å²) in [5.41, 5.74) is 0. The zero-order chi connectivity index (χ0) is 10.6. The van der Waals surface area contributed by atoms with Gasteiger partial charge in [-0.3, -0.25) is 0 Å². The van der Waals surface area contributed by atoms with Crippen LogP contribution in [0, 0.1) is 3.70 Å². The minimum atomic E-state index is -3.12. The quantitative estimate of drug-likeness (QED) is 0.630. The fraction of sp³-hybridized carbons (Fsp3) is 0.444. The lowest BCUT2D eigenvalue weighted by atomic mass is 10.4. The molecular weight excluding hydrogens is 313 g/mol. The van der Waals surface area contributed by atoms with E-state index < -0.39 is 9.84 Å². The molecule has 0 unspecified atom stereocenters. The second-order valence-electron chi connectivity index (χ2n) is 2.96. The molecule has 0 spiro atoms. The summed E-state index contributed by atoms with van der Waals surface area (Å²) in [5, 5.41) is 0. The Morgan fingerprint density at radius 2 is 2.21 bits per heavy atom. The molecule has 0 aliphatic rings. The van der Waals surface area contributed by atoms with Crippen LogP contribution in [0.1, 0.15) is 19.8 Å². The Hall–Kier alpha value is -0.170. The van der Waals surface area contributed by atoms with E-state index in [4.69, 9.17) is 0 Å². The molecule has 0 radical (unpaired) electrons. The van der Waals surface area contributed by atoms with E-state index in [9.17, 15) is 8.42 Å². The number of sulfone groups is 1. The molecule has 3 nitrogen and oxygen atoms in total. The number of hydrogen-bond donors (Lipinski definition) is 0. The van der Waals surface area contributed by atoms with Gasteiger partial charge in [-0.05, 0) is 41.1 Å². The molecule has 1 rings (SSSR count). The van der Waals surface area contributed by atoms with Crippen LogP contribution < -0.4 is 0 Å². The van der Waals surface area contributed by atoms with Crippen LogP contribution in [0.5, 0.6) is 0 Å². The molecule has 0 saturated carbocycles. The van der Waals surface area contributed by atoms with Crippen molar-refractivity contribution in [3.63, 3.8) is 0 Å². The zero-order valence-electron chi connectivity index (χ0n) is 7.90. The van der Waals surface area contributed by atoms with Gasteiger partial charge in [0.1, 0.15) is 3.70 Å². The van der Waals surface area contributed by atoms with Crippen molar-refractivity contribution in [2.45, 2.75) is 24.7 Å². The second kappa shape index (κ2) is 5.06. The van der Waals surface area contributed by atoms with Crippen LogP contribution in [0.3, 0.4) is 0 Å². The van der Waals surface area contributed by atoms with Crippen molar-refractivity contribution in [1.29, 1.82) is 0 Å². The van der Waals surface area contributed by atoms with Crippen molar-refractivity contribution in [3.05, 3.63) is 22.0 Å². The average molecular weight is 325 g/mol. The molecule has 1 aromatic rings. The molecule has 0 aromatic carbocycles. The minimum absolute atomic E-state index is 0.213. The summed E-state index contributed by atoms with van der Waals surface area (Å²) < 4.78 is 24.1. The van der Waals surface area contributed by atoms with Gasteiger partial charge in [-0.1, -0.05) is 13.3 Å². The number of halogens is 1. The normalized spacial score (nSPS) is 11.6. The molecule has 0 amide bonds. The Kier molecular flexibility index (Phi) is 4.31. The number of nitrogens with zero attached hydrogens (tertiary/aromatic N) is 1. The van der Waals surface area contributed by atoms with Gasteiger partial charge in [0.05, 0.1) is 10.6 Å². The standard InChI is InChI=1S/C9H12INO2S/c1-2-3-7-14(12,13)8-5-4-6-11-9(8)10/h4-6H,2-3,7H2,1H3. The Morgan fingerprint density at radius 1 is 1.50 bits per heavy atom. The molecule has 5 heteroatoms. The first kappa shape index (κ1) is 11.9. The summed E-state index contributed by atoms with van der Waals surface area (Å²) in [5.74, 6) is 0.213. The van der Waals surface area contributed by atoms with E-state index in [1.165, 1.54) is 0 Å². The van der Waals surface area contributed by atoms with Crippen molar-refractivity contribution in [3.8, 4) is 0 Å². The molecule has 14 heavy (non-hydrogen) atoms. The number of pyridine rings is 1. The van der Waals surface area contributed by atoms with Crippen molar-refractivity contribution < 1.29 is 8.42 Å². The summed E-state index contributed by atoms with van der Waals surface area (Å²) >= 11 is 1.95. The molecule has 0 saturated heterocycles. The summed E-state index contributed by atoms with van der Waals surface area (Å²) in [6.07, 6.45) is 3.18. The fourth-order valence-electron chi connectivity index (χ4n) is 1.05. The maximum absolute atomic E-state index is 11.8. The average Bonchev–Trinajstić information content (AvgIpc) is 2.15. The molecule has 0 bridgehead atoms. The number of hydrogen-bond acceptors (Lipinski definition) is 3. The molecule has 1 heterocycles. The van der Waals surface area contributed by atoms with Crippen LogP contribution in [-0.2, 0) is 9.84 Å². The fourth-order valence-corrected chi connectivity index (χ4v) is 3.88. The monoisotopic (exact) mass is 325 g/mol. The van der Waals surface area contributed by atoms with Crippen LogP contribution in [0.15, 0.2) is 23.2 Å². The highest BCUT2D eigenvalue weighted by Gasteiger charge is 2.16. The van der Waals surface area contributed by atoms with Crippen LogP contribution in [-0.4, -0.2) is 19.2 Å². The van der Waals surface area contributed by atoms with E-state index in [-0.39, 0.29) is 5.75 Å². The first-order valence-electron chi connectivity index (χ1n) is 4.41. The van der Waals surface area contributed by atoms with Gasteiger partial charge in [0.2, 0.25) is 0 Å². The number of rotatable bonds is 4. The van der Waals surface area contributed by atoms with Crippen molar-refractivity contribution in [2.24, 2.45) is 0 Å². The van der Waals surface area contributed by atoms with E-state index in [2.05, 4.69) is 4.98 Å². The van der Waals surface area contributed by atoms with Crippen LogP contribution in [0.4, 0.5) is 0 Å². The van der Waals surface area contributed by atoms with Crippen LogP contribution in [0.25, 0.3) is 0 Å². The zero-order valence-corrected chi connectivity index (χ0v) is 10.9. The SMILES string of the molecule is CCCCS(=O)(=O)c1cccnc1I. The van der Waals surface area contributed by atoms with Crippen molar-refractivity contribution in [2.75, 3.05) is 5.75 Å². The van der Waals surface area contributed by atoms with E-state index >= 15 is 0 Å². The lowest BCUT2D eigenvalue weighted by Gasteiger charge is -2.04. The van der Waals surface area contributed by atoms with E-state index in [1.54, 1.807) is 18.3 Å². The lowest BCUT2D eigenvalue weighted by molar-refractivity contribution is 0.591. The van der Waals surface area contributed by atoms with Gasteiger partial charge in [-0.2, -0.15) is 0 Å². The third-order valence-corrected chi connectivity index (χ3v) is 4.88. The number of unbranched alkanes of at least 4 members (excludes halogenated alkanes) is 1. The third-order valence-electron chi connectivity index (χ3n) is 1.83. The Bertz CT molecular complexity index is 403. The highest BCUT2D eigenvalue weighted by Crippen LogP contribution is 2.17. The highest BCUT2D eigenvalue weighted by molar-refractivity contribution is 14.1. The van der Waals surface area contributed by atoms with E-state index in [0.717, 1.165) is 6.42 Å². The van der Waals surface area contributed by atoms with Crippen LogP contribution >= 0.6 is 22.6 Å². The van der Waals surface area contributed by atoms with E-state index in [1.807, 2.05) is 29.5 Å². The smallest absolute Gasteiger partial charge is 0.180 e.